The number of amides is 4. The van der Waals surface area contributed by atoms with E-state index >= 15 is 0 Å². The number of hydrogen-bond donors (Lipinski definition) is 2. The van der Waals surface area contributed by atoms with Crippen LogP contribution in [0.5, 0.6) is 11.5 Å². The molecule has 0 spiro atoms. The Morgan fingerprint density at radius 2 is 2.00 bits per heavy atom. The molecule has 0 bridgehead atoms. The zero-order valence-electron chi connectivity index (χ0n) is 15.7. The highest BCUT2D eigenvalue weighted by molar-refractivity contribution is 6.31. The van der Waals surface area contributed by atoms with Gasteiger partial charge in [-0.2, -0.15) is 0 Å². The second-order valence-corrected chi connectivity index (χ2v) is 7.38. The third-order valence-electron chi connectivity index (χ3n) is 5.07. The van der Waals surface area contributed by atoms with Gasteiger partial charge in [-0.3, -0.25) is 14.5 Å². The van der Waals surface area contributed by atoms with Crippen LogP contribution in [0.3, 0.4) is 0 Å². The molecule has 2 N–H and O–H groups in total. The fourth-order valence-corrected chi connectivity index (χ4v) is 3.49. The fraction of sp³-hybridized carbons (Fsp3) is 0.250. The van der Waals surface area contributed by atoms with Crippen molar-refractivity contribution in [1.29, 1.82) is 0 Å². The number of fused-ring (bicyclic) bond motifs is 1. The molecular weight excluding hydrogens is 398 g/mol. The van der Waals surface area contributed by atoms with Gasteiger partial charge in [-0.1, -0.05) is 23.7 Å². The molecule has 150 valence electrons. The number of nitrogens with one attached hydrogen (secondary N) is 2. The first-order chi connectivity index (χ1) is 13.8. The lowest BCUT2D eigenvalue weighted by Crippen LogP contribution is -2.42. The van der Waals surface area contributed by atoms with E-state index in [4.69, 9.17) is 21.1 Å². The van der Waals surface area contributed by atoms with E-state index in [0.29, 0.717) is 33.3 Å². The number of nitrogens with zero attached hydrogens (tertiary/aromatic N) is 1. The first-order valence-corrected chi connectivity index (χ1v) is 9.26. The minimum absolute atomic E-state index is 0.102. The predicted molar refractivity (Wildman–Crippen MR) is 105 cm³/mol. The third kappa shape index (κ3) is 3.25. The minimum atomic E-state index is -1.32. The van der Waals surface area contributed by atoms with Gasteiger partial charge in [0.1, 0.15) is 12.1 Å². The highest BCUT2D eigenvalue weighted by atomic mass is 35.5. The summed E-state index contributed by atoms with van der Waals surface area (Å²) in [6.07, 6.45) is 0. The Morgan fingerprint density at radius 3 is 2.79 bits per heavy atom. The molecule has 2 aliphatic heterocycles. The molecule has 1 saturated heterocycles. The molecule has 0 unspecified atom stereocenters. The molecule has 4 amide bonds. The Hall–Kier alpha value is -3.26. The maximum absolute atomic E-state index is 13.0. The summed E-state index contributed by atoms with van der Waals surface area (Å²) in [5, 5.41) is 5.86. The summed E-state index contributed by atoms with van der Waals surface area (Å²) < 4.78 is 10.6. The second-order valence-electron chi connectivity index (χ2n) is 6.98. The number of rotatable bonds is 4. The Morgan fingerprint density at radius 1 is 1.24 bits per heavy atom. The summed E-state index contributed by atoms with van der Waals surface area (Å²) in [6, 6.07) is 9.48. The van der Waals surface area contributed by atoms with E-state index in [1.165, 1.54) is 0 Å². The second kappa shape index (κ2) is 6.97. The summed E-state index contributed by atoms with van der Waals surface area (Å²) in [5.74, 6) is 0.0359. The maximum atomic E-state index is 13.0. The highest BCUT2D eigenvalue weighted by Crippen LogP contribution is 2.37. The van der Waals surface area contributed by atoms with Gasteiger partial charge in [0.15, 0.2) is 11.5 Å². The number of ether oxygens (including phenoxy) is 2. The molecule has 0 saturated carbocycles. The molecule has 9 heteroatoms. The van der Waals surface area contributed by atoms with Gasteiger partial charge in [-0.05, 0) is 49.2 Å². The number of benzene rings is 2. The van der Waals surface area contributed by atoms with Gasteiger partial charge in [0.05, 0.1) is 0 Å². The van der Waals surface area contributed by atoms with E-state index in [-0.39, 0.29) is 6.79 Å². The average Bonchev–Trinajstić information content (AvgIpc) is 3.24. The first-order valence-electron chi connectivity index (χ1n) is 8.89. The zero-order chi connectivity index (χ0) is 20.8. The lowest BCUT2D eigenvalue weighted by atomic mass is 9.91. The quantitative estimate of drug-likeness (QED) is 0.748. The van der Waals surface area contributed by atoms with Gasteiger partial charge in [-0.25, -0.2) is 4.79 Å². The van der Waals surface area contributed by atoms with Crippen LogP contribution in [0.1, 0.15) is 18.1 Å². The summed E-state index contributed by atoms with van der Waals surface area (Å²) >= 11 is 6.06. The van der Waals surface area contributed by atoms with Gasteiger partial charge in [-0.15, -0.1) is 0 Å². The van der Waals surface area contributed by atoms with Crippen LogP contribution in [0.4, 0.5) is 10.5 Å². The molecule has 4 rings (SSSR count). The van der Waals surface area contributed by atoms with E-state index in [9.17, 15) is 14.4 Å². The number of urea groups is 1. The number of imide groups is 1. The van der Waals surface area contributed by atoms with Crippen molar-refractivity contribution in [3.05, 3.63) is 52.5 Å². The Bertz CT molecular complexity index is 1040. The SMILES string of the molecule is Cc1c(Cl)cccc1NC(=O)CN1C(=O)N[C@@](C)(c2ccc3c(c2)OCO3)C1=O. The largest absolute Gasteiger partial charge is 0.454 e. The summed E-state index contributed by atoms with van der Waals surface area (Å²) in [4.78, 5) is 38.8. The number of carbonyl (C=O) groups is 3. The van der Waals surface area contributed by atoms with Crippen molar-refractivity contribution >= 4 is 35.1 Å². The van der Waals surface area contributed by atoms with Crippen molar-refractivity contribution in [2.24, 2.45) is 0 Å². The molecule has 2 aliphatic rings. The molecule has 0 radical (unpaired) electrons. The number of carbonyl (C=O) groups excluding carboxylic acids is 3. The summed E-state index contributed by atoms with van der Waals surface area (Å²) in [7, 11) is 0. The van der Waals surface area contributed by atoms with Crippen molar-refractivity contribution in [2.75, 3.05) is 18.7 Å². The van der Waals surface area contributed by atoms with E-state index in [0.717, 1.165) is 4.90 Å². The first kappa shape index (κ1) is 19.1. The fourth-order valence-electron chi connectivity index (χ4n) is 3.32. The van der Waals surface area contributed by atoms with Gasteiger partial charge >= 0.3 is 6.03 Å². The van der Waals surface area contributed by atoms with Crippen molar-refractivity contribution in [1.82, 2.24) is 10.2 Å². The maximum Gasteiger partial charge on any atom is 0.325 e. The lowest BCUT2D eigenvalue weighted by molar-refractivity contribution is -0.133. The van der Waals surface area contributed by atoms with E-state index in [1.54, 1.807) is 50.2 Å². The average molecular weight is 416 g/mol. The standard InChI is InChI=1S/C20H18ClN3O5/c1-11-13(21)4-3-5-14(11)22-17(25)9-24-18(26)20(2,23-19(24)27)12-6-7-15-16(8-12)29-10-28-15/h3-8H,9-10H2,1-2H3,(H,22,25)(H,23,27)/t20-/m0/s1. The molecule has 0 aromatic heterocycles. The van der Waals surface area contributed by atoms with Gasteiger partial charge in [0, 0.05) is 10.7 Å². The number of halogens is 1. The van der Waals surface area contributed by atoms with Crippen LogP contribution in [0, 0.1) is 6.92 Å². The van der Waals surface area contributed by atoms with Crippen LogP contribution in [0.25, 0.3) is 0 Å². The lowest BCUT2D eigenvalue weighted by Gasteiger charge is -2.22. The molecule has 0 aliphatic carbocycles. The van der Waals surface area contributed by atoms with Crippen LogP contribution in [-0.4, -0.2) is 36.1 Å². The molecule has 8 nitrogen and oxygen atoms in total. The summed E-state index contributed by atoms with van der Waals surface area (Å²) in [5.41, 5.74) is 0.441. The molecule has 1 fully saturated rings. The van der Waals surface area contributed by atoms with Gasteiger partial charge < -0.3 is 20.1 Å². The highest BCUT2D eigenvalue weighted by Gasteiger charge is 2.49. The van der Waals surface area contributed by atoms with Crippen molar-refractivity contribution < 1.29 is 23.9 Å². The summed E-state index contributed by atoms with van der Waals surface area (Å²) in [6.45, 7) is 3.04. The smallest absolute Gasteiger partial charge is 0.325 e. The van der Waals surface area contributed by atoms with Crippen LogP contribution >= 0.6 is 11.6 Å². The van der Waals surface area contributed by atoms with E-state index in [2.05, 4.69) is 10.6 Å². The predicted octanol–water partition coefficient (Wildman–Crippen LogP) is 2.78. The molecule has 2 aromatic rings. The zero-order valence-corrected chi connectivity index (χ0v) is 16.5. The Labute approximate surface area is 171 Å². The van der Waals surface area contributed by atoms with Crippen LogP contribution < -0.4 is 20.1 Å². The Kier molecular flexibility index (Phi) is 4.58. The molecule has 2 heterocycles. The number of anilines is 1. The topological polar surface area (TPSA) is 97.0 Å². The van der Waals surface area contributed by atoms with Gasteiger partial charge in [0.2, 0.25) is 12.7 Å². The molecular formula is C20H18ClN3O5. The normalized spacial score (nSPS) is 20.0. The molecule has 2 aromatic carbocycles. The third-order valence-corrected chi connectivity index (χ3v) is 5.48. The molecule has 29 heavy (non-hydrogen) atoms. The van der Waals surface area contributed by atoms with Crippen molar-refractivity contribution in [2.45, 2.75) is 19.4 Å². The van der Waals surface area contributed by atoms with Crippen molar-refractivity contribution in [3.63, 3.8) is 0 Å². The Balaban J connectivity index is 1.52. The van der Waals surface area contributed by atoms with Crippen molar-refractivity contribution in [3.8, 4) is 11.5 Å². The van der Waals surface area contributed by atoms with Crippen LogP contribution in [0.15, 0.2) is 36.4 Å². The minimum Gasteiger partial charge on any atom is -0.454 e. The van der Waals surface area contributed by atoms with Gasteiger partial charge in [0.25, 0.3) is 5.91 Å². The molecule has 1 atom stereocenters. The van der Waals surface area contributed by atoms with E-state index < -0.39 is 29.9 Å². The van der Waals surface area contributed by atoms with Crippen LogP contribution in [0.2, 0.25) is 5.02 Å². The van der Waals surface area contributed by atoms with E-state index in [1.807, 2.05) is 0 Å². The monoisotopic (exact) mass is 415 g/mol. The van der Waals surface area contributed by atoms with Crippen LogP contribution in [-0.2, 0) is 15.1 Å². The number of hydrogen-bond acceptors (Lipinski definition) is 5.